The summed E-state index contributed by atoms with van der Waals surface area (Å²) in [6.45, 7) is 8.35. The van der Waals surface area contributed by atoms with E-state index < -0.39 is 33.7 Å². The third-order valence-corrected chi connectivity index (χ3v) is 6.08. The summed E-state index contributed by atoms with van der Waals surface area (Å²) in [5, 5.41) is -1.95. The number of carbonyl (C=O) groups is 2. The van der Waals surface area contributed by atoms with Crippen molar-refractivity contribution in [3.05, 3.63) is 0 Å². The molecule has 9 nitrogen and oxygen atoms in total. The molecule has 0 aliphatic heterocycles. The standard InChI is InChI=1S/C20H38O7S.ClH.2H3N.Na.H/c1-5-9-11-16(7-3)14-26-19(21)13-18(28(23,24)25)20(22)27-15-17(8-4)12-10-6-2;;;;;/h16-18H,5-15H2,1-4H3,(H,23,24,25);1H;2*1H3;;. The molecule has 32 heavy (non-hydrogen) atoms. The van der Waals surface area contributed by atoms with Gasteiger partial charge in [-0.05, 0) is 24.7 Å². The maximum atomic E-state index is 12.2. The van der Waals surface area contributed by atoms with Crippen molar-refractivity contribution >= 4 is 64.0 Å². The second-order valence-corrected chi connectivity index (χ2v) is 8.95. The van der Waals surface area contributed by atoms with E-state index in [1.165, 1.54) is 0 Å². The Kier molecular flexibility index (Phi) is 31.9. The zero-order valence-electron chi connectivity index (χ0n) is 19.6. The first kappa shape index (κ1) is 42.2. The fourth-order valence-electron chi connectivity index (χ4n) is 2.82. The molecule has 12 heteroatoms. The van der Waals surface area contributed by atoms with Crippen molar-refractivity contribution in [2.45, 2.75) is 90.7 Å². The van der Waals surface area contributed by atoms with Crippen LogP contribution < -0.4 is 12.3 Å². The Bertz CT molecular complexity index is 568. The van der Waals surface area contributed by atoms with Crippen molar-refractivity contribution in [2.75, 3.05) is 13.2 Å². The summed E-state index contributed by atoms with van der Waals surface area (Å²) in [6.07, 6.45) is 6.74. The Morgan fingerprint density at radius 2 is 1.25 bits per heavy atom. The molecule has 0 fully saturated rings. The number of hydrogen-bond acceptors (Lipinski definition) is 8. The Hall–Kier alpha value is 0.0600. The molecule has 0 amide bonds. The fraction of sp³-hybridized carbons (Fsp3) is 0.900. The van der Waals surface area contributed by atoms with E-state index in [-0.39, 0.29) is 79.3 Å². The van der Waals surface area contributed by atoms with Crippen molar-refractivity contribution in [1.82, 2.24) is 12.3 Å². The molecule has 0 aliphatic carbocycles. The molecule has 0 spiro atoms. The second-order valence-electron chi connectivity index (χ2n) is 7.35. The summed E-state index contributed by atoms with van der Waals surface area (Å²) in [5.74, 6) is -1.61. The van der Waals surface area contributed by atoms with Crippen LogP contribution in [0.5, 0.6) is 0 Å². The summed E-state index contributed by atoms with van der Waals surface area (Å²) in [4.78, 5) is 24.2. The molecular weight excluding hydrogens is 471 g/mol. The van der Waals surface area contributed by atoms with E-state index in [0.29, 0.717) is 0 Å². The van der Waals surface area contributed by atoms with Crippen LogP contribution in [-0.4, -0.2) is 72.9 Å². The maximum absolute atomic E-state index is 12.2. The molecule has 192 valence electrons. The molecule has 0 radical (unpaired) electrons. The van der Waals surface area contributed by atoms with Gasteiger partial charge < -0.3 is 21.8 Å². The number of ether oxygens (including phenoxy) is 2. The molecule has 0 aliphatic rings. The van der Waals surface area contributed by atoms with Gasteiger partial charge in [-0.25, -0.2) is 0 Å². The van der Waals surface area contributed by atoms with E-state index in [1.54, 1.807) is 0 Å². The average Bonchev–Trinajstić information content (AvgIpc) is 2.65. The summed E-state index contributed by atoms with van der Waals surface area (Å²) in [6, 6.07) is 0. The van der Waals surface area contributed by atoms with Crippen LogP contribution in [0.4, 0.5) is 0 Å². The molecule has 3 atom stereocenters. The molecule has 0 aromatic carbocycles. The van der Waals surface area contributed by atoms with E-state index in [9.17, 15) is 22.6 Å². The number of unbranched alkanes of at least 4 members (excludes halogenated alkanes) is 2. The van der Waals surface area contributed by atoms with Crippen LogP contribution >= 0.6 is 12.4 Å². The normalized spacial score (nSPS) is 13.0. The summed E-state index contributed by atoms with van der Waals surface area (Å²) in [7, 11) is -4.76. The van der Waals surface area contributed by atoms with Gasteiger partial charge in [0.15, 0.2) is 5.25 Å². The Morgan fingerprint density at radius 3 is 1.59 bits per heavy atom. The first-order chi connectivity index (χ1) is 13.2. The van der Waals surface area contributed by atoms with E-state index >= 15 is 0 Å². The minimum atomic E-state index is -4.76. The molecular formula is C20H46ClN2NaO7S. The van der Waals surface area contributed by atoms with Crippen LogP contribution in [0.15, 0.2) is 0 Å². The van der Waals surface area contributed by atoms with E-state index in [0.717, 1.165) is 51.4 Å². The van der Waals surface area contributed by atoms with Gasteiger partial charge >= 0.3 is 41.5 Å². The minimum absolute atomic E-state index is 0. The van der Waals surface area contributed by atoms with Crippen molar-refractivity contribution in [2.24, 2.45) is 11.8 Å². The van der Waals surface area contributed by atoms with Crippen molar-refractivity contribution < 1.29 is 32.0 Å². The van der Waals surface area contributed by atoms with Crippen LogP contribution in [0.25, 0.3) is 0 Å². The molecule has 0 aromatic rings. The van der Waals surface area contributed by atoms with Crippen molar-refractivity contribution in [3.8, 4) is 0 Å². The second kappa shape index (κ2) is 24.2. The number of rotatable bonds is 16. The Labute approximate surface area is 223 Å². The summed E-state index contributed by atoms with van der Waals surface area (Å²) >= 11 is 0. The average molecular weight is 517 g/mol. The molecule has 0 saturated carbocycles. The first-order valence-corrected chi connectivity index (χ1v) is 12.0. The van der Waals surface area contributed by atoms with Crippen LogP contribution in [0.3, 0.4) is 0 Å². The molecule has 7 N–H and O–H groups in total. The number of halogens is 1. The van der Waals surface area contributed by atoms with E-state index in [2.05, 4.69) is 13.8 Å². The van der Waals surface area contributed by atoms with Gasteiger partial charge in [-0.2, -0.15) is 8.42 Å². The Morgan fingerprint density at radius 1 is 0.844 bits per heavy atom. The van der Waals surface area contributed by atoms with Gasteiger partial charge in [0.1, 0.15) is 0 Å². The molecule has 0 bridgehead atoms. The van der Waals surface area contributed by atoms with Crippen molar-refractivity contribution in [3.63, 3.8) is 0 Å². The molecule has 3 unspecified atom stereocenters. The topological polar surface area (TPSA) is 177 Å². The van der Waals surface area contributed by atoms with E-state index in [4.69, 9.17) is 9.47 Å². The van der Waals surface area contributed by atoms with Gasteiger partial charge in [0.05, 0.1) is 19.6 Å². The zero-order chi connectivity index (χ0) is 21.6. The first-order valence-electron chi connectivity index (χ1n) is 10.5. The Balaban J connectivity index is -0.000000607. The van der Waals surface area contributed by atoms with Gasteiger partial charge in [-0.15, -0.1) is 12.4 Å². The third-order valence-electron chi connectivity index (χ3n) is 5.00. The molecule has 0 saturated heterocycles. The third kappa shape index (κ3) is 19.5. The quantitative estimate of drug-likeness (QED) is 0.153. The summed E-state index contributed by atoms with van der Waals surface area (Å²) < 4.78 is 42.8. The fourth-order valence-corrected chi connectivity index (χ4v) is 3.48. The number of hydrogen-bond donors (Lipinski definition) is 3. The zero-order valence-corrected chi connectivity index (χ0v) is 21.3. The van der Waals surface area contributed by atoms with Gasteiger partial charge in [-0.1, -0.05) is 66.2 Å². The number of esters is 2. The monoisotopic (exact) mass is 516 g/mol. The van der Waals surface area contributed by atoms with Gasteiger partial charge in [-0.3, -0.25) is 14.1 Å². The predicted octanol–water partition coefficient (Wildman–Crippen LogP) is 4.25. The van der Waals surface area contributed by atoms with Crippen molar-refractivity contribution in [1.29, 1.82) is 0 Å². The molecule has 0 aromatic heterocycles. The predicted molar refractivity (Wildman–Crippen MR) is 133 cm³/mol. The SMILES string of the molecule is CCCCC(CC)COC(=O)CC(C(=O)OCC(CC)CCCC)S(=O)(=O)O.Cl.N.N.[NaH]. The summed E-state index contributed by atoms with van der Waals surface area (Å²) in [5.41, 5.74) is 0. The molecule has 0 rings (SSSR count). The number of carbonyl (C=O) groups excluding carboxylic acids is 2. The van der Waals surface area contributed by atoms with Gasteiger partial charge in [0.2, 0.25) is 0 Å². The van der Waals surface area contributed by atoms with Crippen LogP contribution in [0.2, 0.25) is 0 Å². The van der Waals surface area contributed by atoms with E-state index in [1.807, 2.05) is 13.8 Å². The van der Waals surface area contributed by atoms with Crippen LogP contribution in [-0.2, 0) is 29.2 Å². The van der Waals surface area contributed by atoms with Crippen LogP contribution in [0.1, 0.15) is 85.5 Å². The van der Waals surface area contributed by atoms with Gasteiger partial charge in [0, 0.05) is 0 Å². The van der Waals surface area contributed by atoms with Gasteiger partial charge in [0.25, 0.3) is 10.1 Å². The van der Waals surface area contributed by atoms with Crippen LogP contribution in [0, 0.1) is 11.8 Å². The molecule has 0 heterocycles.